The molecule has 10 N–H and O–H groups in total. The maximum absolute atomic E-state index is 13.6. The average Bonchev–Trinajstić information content (AvgIpc) is 3.05. The smallest absolute Gasteiger partial charge is 0.223 e. The van der Waals surface area contributed by atoms with Crippen molar-refractivity contribution in [3.05, 3.63) is 126 Å². The summed E-state index contributed by atoms with van der Waals surface area (Å²) < 4.78 is 50.3. The van der Waals surface area contributed by atoms with Gasteiger partial charge in [0.1, 0.15) is 9.49 Å². The second kappa shape index (κ2) is 12.4. The number of nitrogens with two attached hydrogens (primary N) is 4. The second-order valence-corrected chi connectivity index (χ2v) is 16.9. The molecule has 0 aromatic heterocycles. The first-order chi connectivity index (χ1) is 23.4. The highest BCUT2D eigenvalue weighted by Crippen LogP contribution is 2.53. The third kappa shape index (κ3) is 5.16. The Morgan fingerprint density at radius 3 is 1.16 bits per heavy atom. The summed E-state index contributed by atoms with van der Waals surface area (Å²) in [4.78, 5) is 0. The Morgan fingerprint density at radius 1 is 0.580 bits per heavy atom. The van der Waals surface area contributed by atoms with Gasteiger partial charge in [-0.3, -0.25) is 10.8 Å². The number of sulfonamides is 2. The molecule has 0 spiro atoms. The van der Waals surface area contributed by atoms with Gasteiger partial charge >= 0.3 is 0 Å². The number of fused-ring (bicyclic) bond motifs is 2. The van der Waals surface area contributed by atoms with Crippen LogP contribution < -0.4 is 22.0 Å². The van der Waals surface area contributed by atoms with E-state index in [1.54, 1.807) is 36.4 Å². The van der Waals surface area contributed by atoms with Gasteiger partial charge in [0, 0.05) is 55.2 Å². The van der Waals surface area contributed by atoms with Crippen LogP contribution in [0.1, 0.15) is 46.2 Å². The first-order valence-electron chi connectivity index (χ1n) is 14.4. The molecule has 0 radical (unpaired) electrons. The van der Waals surface area contributed by atoms with Crippen LogP contribution in [-0.2, 0) is 29.5 Å². The van der Waals surface area contributed by atoms with E-state index in [1.807, 2.05) is 0 Å². The standard InChI is InChI=1S/C32H26Cl4N8O4S2/c33-21-9-15(10-22(34)27(21)31(49(41,45)46)13-25(43-39)29(37)17-5-1-3-7-19(17)31)16-11-23(35)28(24(36)12-16)32(50(42,47)48)14-26(44-40)30(38)18-6-2-4-8-20(18)32/h1-12,37-38H,13-14,39-40H2,(H2,41,45,46)(H2,42,47,48). The van der Waals surface area contributed by atoms with Crippen molar-refractivity contribution in [1.29, 1.82) is 10.8 Å². The number of nitrogens with zero attached hydrogens (tertiary/aromatic N) is 2. The normalized spacial score (nSPS) is 22.4. The third-order valence-corrected chi connectivity index (χ3v) is 13.5. The van der Waals surface area contributed by atoms with Crippen molar-refractivity contribution in [2.24, 2.45) is 32.2 Å². The Hall–Kier alpha value is -3.86. The molecule has 0 saturated carbocycles. The van der Waals surface area contributed by atoms with E-state index in [2.05, 4.69) is 10.2 Å². The molecule has 4 aromatic carbocycles. The Bertz CT molecular complexity index is 2260. The Morgan fingerprint density at radius 2 is 0.880 bits per heavy atom. The largest absolute Gasteiger partial charge is 0.323 e. The first-order valence-corrected chi connectivity index (χ1v) is 19.0. The molecule has 2 aliphatic carbocycles. The zero-order valence-corrected chi connectivity index (χ0v) is 30.2. The van der Waals surface area contributed by atoms with E-state index in [0.717, 1.165) is 0 Å². The van der Waals surface area contributed by atoms with Crippen LogP contribution in [0.4, 0.5) is 0 Å². The molecule has 18 heteroatoms. The average molecular weight is 793 g/mol. The number of hydrazone groups is 2. The fourth-order valence-corrected chi connectivity index (χ4v) is 11.5. The van der Waals surface area contributed by atoms with E-state index in [-0.39, 0.29) is 76.3 Å². The summed E-state index contributed by atoms with van der Waals surface area (Å²) in [5, 5.41) is 36.0. The molecular formula is C32H26Cl4N8O4S2. The van der Waals surface area contributed by atoms with Gasteiger partial charge < -0.3 is 11.7 Å². The minimum absolute atomic E-state index is 0.0332. The van der Waals surface area contributed by atoms with E-state index < -0.39 is 42.4 Å². The van der Waals surface area contributed by atoms with Gasteiger partial charge in [-0.1, -0.05) is 94.9 Å². The molecule has 2 unspecified atom stereocenters. The van der Waals surface area contributed by atoms with Crippen LogP contribution in [0.2, 0.25) is 20.1 Å². The van der Waals surface area contributed by atoms with E-state index in [9.17, 15) is 16.8 Å². The molecule has 0 bridgehead atoms. The number of hydrogen-bond donors (Lipinski definition) is 6. The van der Waals surface area contributed by atoms with Crippen LogP contribution in [0.3, 0.4) is 0 Å². The number of halogens is 4. The number of rotatable bonds is 5. The SMILES string of the molecule is N=C1C(=NN)CC(c2c(Cl)cc(-c3cc(Cl)c(C4(S(N)(=O)=O)CC(=NN)C(=N)c5ccccc54)c(Cl)c3)cc2Cl)(S(N)(=O)=O)c2ccccc21. The fraction of sp³-hybridized carbons (Fsp3) is 0.125. The summed E-state index contributed by atoms with van der Waals surface area (Å²) >= 11 is 27.6. The summed E-state index contributed by atoms with van der Waals surface area (Å²) in [7, 11) is -9.15. The number of primary sulfonamides is 2. The molecule has 2 atom stereocenters. The molecule has 12 nitrogen and oxygen atoms in total. The summed E-state index contributed by atoms with van der Waals surface area (Å²) in [6, 6.07) is 18.3. The maximum atomic E-state index is 13.6. The first kappa shape index (κ1) is 35.9. The summed E-state index contributed by atoms with van der Waals surface area (Å²) in [5.74, 6) is 11.2. The fourth-order valence-electron chi connectivity index (χ4n) is 6.97. The third-order valence-electron chi connectivity index (χ3n) is 9.18. The highest BCUT2D eigenvalue weighted by Gasteiger charge is 2.55. The van der Waals surface area contributed by atoms with Crippen molar-refractivity contribution in [1.82, 2.24) is 0 Å². The molecule has 0 aliphatic heterocycles. The Balaban J connectivity index is 1.58. The number of nitrogens with one attached hydrogen (secondary N) is 2. The molecule has 2 aliphatic rings. The molecule has 0 amide bonds. The van der Waals surface area contributed by atoms with Gasteiger partial charge in [-0.2, -0.15) is 10.2 Å². The maximum Gasteiger partial charge on any atom is 0.223 e. The molecule has 0 saturated heterocycles. The van der Waals surface area contributed by atoms with Crippen LogP contribution in [0.25, 0.3) is 11.1 Å². The minimum Gasteiger partial charge on any atom is -0.323 e. The summed E-state index contributed by atoms with van der Waals surface area (Å²) in [6.45, 7) is 0. The van der Waals surface area contributed by atoms with Crippen LogP contribution in [0.15, 0.2) is 83.0 Å². The van der Waals surface area contributed by atoms with Gasteiger partial charge in [-0.15, -0.1) is 0 Å². The van der Waals surface area contributed by atoms with Gasteiger partial charge in [-0.05, 0) is 46.5 Å². The lowest BCUT2D eigenvalue weighted by Gasteiger charge is -2.39. The molecule has 0 fully saturated rings. The van der Waals surface area contributed by atoms with Crippen molar-refractivity contribution in [3.63, 3.8) is 0 Å². The van der Waals surface area contributed by atoms with Gasteiger partial charge in [-0.25, -0.2) is 27.1 Å². The van der Waals surface area contributed by atoms with Crippen LogP contribution in [0, 0.1) is 10.8 Å². The van der Waals surface area contributed by atoms with Crippen molar-refractivity contribution in [2.75, 3.05) is 0 Å². The predicted molar refractivity (Wildman–Crippen MR) is 199 cm³/mol. The number of benzene rings is 4. The highest BCUT2D eigenvalue weighted by atomic mass is 35.5. The molecular weight excluding hydrogens is 766 g/mol. The second-order valence-electron chi connectivity index (χ2n) is 11.7. The molecule has 50 heavy (non-hydrogen) atoms. The quantitative estimate of drug-likeness (QED) is 0.117. The van der Waals surface area contributed by atoms with Crippen LogP contribution in [-0.4, -0.2) is 39.7 Å². The van der Waals surface area contributed by atoms with Crippen molar-refractivity contribution in [3.8, 4) is 11.1 Å². The van der Waals surface area contributed by atoms with Crippen LogP contribution in [0.5, 0.6) is 0 Å². The zero-order valence-electron chi connectivity index (χ0n) is 25.5. The molecule has 258 valence electrons. The Kier molecular flexibility index (Phi) is 8.93. The monoisotopic (exact) mass is 790 g/mol. The Labute approximate surface area is 307 Å². The lowest BCUT2D eigenvalue weighted by Crippen LogP contribution is -2.49. The minimum atomic E-state index is -4.58. The van der Waals surface area contributed by atoms with Crippen molar-refractivity contribution in [2.45, 2.75) is 22.3 Å². The van der Waals surface area contributed by atoms with E-state index in [0.29, 0.717) is 11.1 Å². The summed E-state index contributed by atoms with van der Waals surface area (Å²) in [6.07, 6.45) is -0.849. The van der Waals surface area contributed by atoms with E-state index in [4.69, 9.17) is 79.2 Å². The lowest BCUT2D eigenvalue weighted by molar-refractivity contribution is 0.556. The van der Waals surface area contributed by atoms with Crippen LogP contribution >= 0.6 is 46.4 Å². The number of hydrogen-bond acceptors (Lipinski definition) is 10. The van der Waals surface area contributed by atoms with E-state index in [1.165, 1.54) is 36.4 Å². The van der Waals surface area contributed by atoms with E-state index >= 15 is 0 Å². The van der Waals surface area contributed by atoms with Gasteiger partial charge in [0.25, 0.3) is 0 Å². The summed E-state index contributed by atoms with van der Waals surface area (Å²) in [5.41, 5.74) is 1.11. The molecule has 6 rings (SSSR count). The molecule has 4 aromatic rings. The zero-order chi connectivity index (χ0) is 36.6. The van der Waals surface area contributed by atoms with Gasteiger partial charge in [0.05, 0.1) is 22.8 Å². The highest BCUT2D eigenvalue weighted by molar-refractivity contribution is 7.90. The lowest BCUT2D eigenvalue weighted by atomic mass is 9.75. The van der Waals surface area contributed by atoms with Crippen molar-refractivity contribution < 1.29 is 16.8 Å². The topological polar surface area (TPSA) is 245 Å². The van der Waals surface area contributed by atoms with Crippen molar-refractivity contribution >= 4 is 89.3 Å². The van der Waals surface area contributed by atoms with Gasteiger partial charge in [0.2, 0.25) is 20.0 Å². The molecule has 0 heterocycles. The van der Waals surface area contributed by atoms with Gasteiger partial charge in [0.15, 0.2) is 0 Å². The predicted octanol–water partition coefficient (Wildman–Crippen LogP) is 5.20.